The highest BCUT2D eigenvalue weighted by Crippen LogP contribution is 2.34. The highest BCUT2D eigenvalue weighted by molar-refractivity contribution is 6.23. The Kier molecular flexibility index (Phi) is 4.81. The molecule has 7 nitrogen and oxygen atoms in total. The number of nitro benzene ring substituents is 1. The molecule has 1 aliphatic carbocycles. The Balaban J connectivity index is 1.54. The van der Waals surface area contributed by atoms with Crippen LogP contribution < -0.4 is 0 Å². The molecule has 0 N–H and O–H groups in total. The minimum Gasteiger partial charge on any atom is -0.278 e. The van der Waals surface area contributed by atoms with E-state index in [9.17, 15) is 32.9 Å². The Labute approximate surface area is 168 Å². The van der Waals surface area contributed by atoms with Crippen LogP contribution in [0.3, 0.4) is 0 Å². The van der Waals surface area contributed by atoms with E-state index in [0.717, 1.165) is 29.9 Å². The lowest BCUT2D eigenvalue weighted by molar-refractivity contribution is -0.385. The fourth-order valence-corrected chi connectivity index (χ4v) is 3.55. The number of imide groups is 1. The van der Waals surface area contributed by atoms with Crippen LogP contribution in [-0.4, -0.2) is 39.2 Å². The number of halogens is 3. The minimum atomic E-state index is -4.43. The van der Waals surface area contributed by atoms with Crippen molar-refractivity contribution in [3.8, 4) is 0 Å². The highest BCUT2D eigenvalue weighted by atomic mass is 19.4. The van der Waals surface area contributed by atoms with Crippen molar-refractivity contribution in [3.63, 3.8) is 0 Å². The predicted octanol–water partition coefficient (Wildman–Crippen LogP) is 3.83. The number of nitrogens with zero attached hydrogens (tertiary/aromatic N) is 3. The molecule has 1 saturated carbocycles. The van der Waals surface area contributed by atoms with Crippen molar-refractivity contribution in [1.29, 1.82) is 0 Å². The summed E-state index contributed by atoms with van der Waals surface area (Å²) in [6.07, 6.45) is -2.75. The maximum Gasteiger partial charge on any atom is 0.416 e. The van der Waals surface area contributed by atoms with Crippen LogP contribution in [0.4, 0.5) is 18.9 Å². The number of carbonyl (C=O) groups excluding carboxylic acids is 2. The van der Waals surface area contributed by atoms with Crippen LogP contribution in [0.1, 0.15) is 44.7 Å². The normalized spacial score (nSPS) is 16.3. The van der Waals surface area contributed by atoms with E-state index < -0.39 is 34.2 Å². The number of rotatable bonds is 6. The largest absolute Gasteiger partial charge is 0.416 e. The molecule has 2 aliphatic rings. The average molecular weight is 419 g/mol. The standard InChI is InChI=1S/C20H16F3N3O4/c21-20(22,23)13-6-4-12(5-7-13)10-24(14-8-9-14)11-25-18(27)15-2-1-3-16(26(29)30)17(15)19(25)28/h1-7,14H,8-11H2. The summed E-state index contributed by atoms with van der Waals surface area (Å²) in [5, 5.41) is 11.2. The summed E-state index contributed by atoms with van der Waals surface area (Å²) in [5.74, 6) is -1.35. The summed E-state index contributed by atoms with van der Waals surface area (Å²) in [5.41, 5.74) is -0.805. The van der Waals surface area contributed by atoms with Gasteiger partial charge in [-0.2, -0.15) is 13.2 Å². The van der Waals surface area contributed by atoms with Gasteiger partial charge >= 0.3 is 6.18 Å². The lowest BCUT2D eigenvalue weighted by atomic mass is 10.1. The average Bonchev–Trinajstić information content (AvgIpc) is 3.51. The van der Waals surface area contributed by atoms with Crippen molar-refractivity contribution in [2.45, 2.75) is 31.6 Å². The van der Waals surface area contributed by atoms with Crippen LogP contribution in [0.15, 0.2) is 42.5 Å². The molecule has 1 heterocycles. The maximum atomic E-state index is 12.8. The number of benzene rings is 2. The van der Waals surface area contributed by atoms with E-state index in [2.05, 4.69) is 0 Å². The Hall–Kier alpha value is -3.27. The van der Waals surface area contributed by atoms with E-state index in [1.54, 1.807) is 0 Å². The molecule has 2 amide bonds. The van der Waals surface area contributed by atoms with E-state index >= 15 is 0 Å². The summed E-state index contributed by atoms with van der Waals surface area (Å²) < 4.78 is 38.3. The van der Waals surface area contributed by atoms with Gasteiger partial charge in [-0.1, -0.05) is 18.2 Å². The fourth-order valence-electron chi connectivity index (χ4n) is 3.55. The van der Waals surface area contributed by atoms with Gasteiger partial charge in [0.2, 0.25) is 0 Å². The zero-order valence-electron chi connectivity index (χ0n) is 15.6. The zero-order valence-corrected chi connectivity index (χ0v) is 15.6. The predicted molar refractivity (Wildman–Crippen MR) is 98.5 cm³/mol. The van der Waals surface area contributed by atoms with Crippen molar-refractivity contribution in [2.24, 2.45) is 0 Å². The molecule has 2 aromatic carbocycles. The van der Waals surface area contributed by atoms with Gasteiger partial charge in [-0.25, -0.2) is 0 Å². The number of hydrogen-bond donors (Lipinski definition) is 0. The van der Waals surface area contributed by atoms with Crippen LogP contribution in [0, 0.1) is 10.1 Å². The molecule has 156 valence electrons. The van der Waals surface area contributed by atoms with Gasteiger partial charge in [0.25, 0.3) is 17.5 Å². The van der Waals surface area contributed by atoms with Gasteiger partial charge in [0.15, 0.2) is 0 Å². The number of alkyl halides is 3. The molecule has 0 radical (unpaired) electrons. The van der Waals surface area contributed by atoms with Crippen molar-refractivity contribution < 1.29 is 27.7 Å². The molecular formula is C20H16F3N3O4. The monoisotopic (exact) mass is 419 g/mol. The first kappa shape index (κ1) is 20.0. The van der Waals surface area contributed by atoms with Gasteiger partial charge < -0.3 is 0 Å². The molecule has 0 saturated heterocycles. The Bertz CT molecular complexity index is 1030. The van der Waals surface area contributed by atoms with E-state index in [1.807, 2.05) is 4.90 Å². The Morgan fingerprint density at radius 3 is 2.30 bits per heavy atom. The molecular weight excluding hydrogens is 403 g/mol. The first-order chi connectivity index (χ1) is 14.2. The number of nitro groups is 1. The second-order valence-electron chi connectivity index (χ2n) is 7.31. The molecule has 0 atom stereocenters. The Morgan fingerprint density at radius 1 is 1.07 bits per heavy atom. The maximum absolute atomic E-state index is 12.8. The number of amides is 2. The second kappa shape index (κ2) is 7.21. The van der Waals surface area contributed by atoms with Gasteiger partial charge in [0.1, 0.15) is 5.56 Å². The summed E-state index contributed by atoms with van der Waals surface area (Å²) in [7, 11) is 0. The van der Waals surface area contributed by atoms with Crippen molar-refractivity contribution >= 4 is 17.5 Å². The van der Waals surface area contributed by atoms with Gasteiger partial charge in [0.05, 0.1) is 22.7 Å². The number of fused-ring (bicyclic) bond motifs is 1. The molecule has 1 fully saturated rings. The van der Waals surface area contributed by atoms with Gasteiger partial charge in [0, 0.05) is 18.7 Å². The fraction of sp³-hybridized carbons (Fsp3) is 0.300. The van der Waals surface area contributed by atoms with Gasteiger partial charge in [-0.15, -0.1) is 0 Å². The smallest absolute Gasteiger partial charge is 0.278 e. The van der Waals surface area contributed by atoms with Crippen molar-refractivity contribution in [2.75, 3.05) is 6.67 Å². The van der Waals surface area contributed by atoms with E-state index in [1.165, 1.54) is 30.3 Å². The summed E-state index contributed by atoms with van der Waals surface area (Å²) in [6.45, 7) is 0.160. The molecule has 2 aromatic rings. The summed E-state index contributed by atoms with van der Waals surface area (Å²) >= 11 is 0. The molecule has 0 unspecified atom stereocenters. The molecule has 1 aliphatic heterocycles. The molecule has 30 heavy (non-hydrogen) atoms. The number of hydrogen-bond acceptors (Lipinski definition) is 5. The van der Waals surface area contributed by atoms with E-state index in [0.29, 0.717) is 5.56 Å². The van der Waals surface area contributed by atoms with Crippen LogP contribution >= 0.6 is 0 Å². The van der Waals surface area contributed by atoms with E-state index in [-0.39, 0.29) is 30.4 Å². The van der Waals surface area contributed by atoms with Gasteiger partial charge in [-0.05, 0) is 36.6 Å². The third-order valence-corrected chi connectivity index (χ3v) is 5.23. The SMILES string of the molecule is O=C1c2cccc([N+](=O)[O-])c2C(=O)N1CN(Cc1ccc(C(F)(F)F)cc1)C1CC1. The zero-order chi connectivity index (χ0) is 21.6. The molecule has 0 aromatic heterocycles. The minimum absolute atomic E-state index is 0.0144. The second-order valence-corrected chi connectivity index (χ2v) is 7.31. The van der Waals surface area contributed by atoms with Crippen molar-refractivity contribution in [1.82, 2.24) is 9.80 Å². The molecule has 0 bridgehead atoms. The lowest BCUT2D eigenvalue weighted by Crippen LogP contribution is -2.42. The van der Waals surface area contributed by atoms with Crippen LogP contribution in [0.25, 0.3) is 0 Å². The Morgan fingerprint density at radius 2 is 1.73 bits per heavy atom. The first-order valence-corrected chi connectivity index (χ1v) is 9.20. The van der Waals surface area contributed by atoms with Crippen LogP contribution in [-0.2, 0) is 12.7 Å². The summed E-state index contributed by atoms with van der Waals surface area (Å²) in [6, 6.07) is 8.71. The van der Waals surface area contributed by atoms with Crippen LogP contribution in [0.2, 0.25) is 0 Å². The molecule has 10 heteroatoms. The number of carbonyl (C=O) groups is 2. The van der Waals surface area contributed by atoms with Gasteiger partial charge in [-0.3, -0.25) is 29.5 Å². The topological polar surface area (TPSA) is 83.8 Å². The quantitative estimate of drug-likeness (QED) is 0.404. The lowest BCUT2D eigenvalue weighted by Gasteiger charge is -2.26. The molecule has 4 rings (SSSR count). The third-order valence-electron chi connectivity index (χ3n) is 5.23. The highest BCUT2D eigenvalue weighted by Gasteiger charge is 2.43. The first-order valence-electron chi connectivity index (χ1n) is 9.20. The molecule has 0 spiro atoms. The van der Waals surface area contributed by atoms with Crippen molar-refractivity contribution in [3.05, 3.63) is 74.8 Å². The summed E-state index contributed by atoms with van der Waals surface area (Å²) in [4.78, 5) is 38.8. The van der Waals surface area contributed by atoms with E-state index in [4.69, 9.17) is 0 Å². The van der Waals surface area contributed by atoms with Crippen LogP contribution in [0.5, 0.6) is 0 Å². The third kappa shape index (κ3) is 3.65.